The lowest BCUT2D eigenvalue weighted by molar-refractivity contribution is 0.474. The van der Waals surface area contributed by atoms with Gasteiger partial charge in [0.25, 0.3) is 0 Å². The maximum atomic E-state index is 9.91. The van der Waals surface area contributed by atoms with E-state index in [9.17, 15) is 5.11 Å². The van der Waals surface area contributed by atoms with Crippen molar-refractivity contribution >= 4 is 34.6 Å². The van der Waals surface area contributed by atoms with E-state index in [4.69, 9.17) is 16.0 Å². The highest BCUT2D eigenvalue weighted by Gasteiger charge is 2.14. The molecular formula is C24H21ClN2O2. The van der Waals surface area contributed by atoms with Crippen LogP contribution in [-0.4, -0.2) is 16.3 Å². The van der Waals surface area contributed by atoms with Crippen LogP contribution >= 0.6 is 11.6 Å². The zero-order valence-corrected chi connectivity index (χ0v) is 17.2. The van der Waals surface area contributed by atoms with E-state index in [2.05, 4.69) is 42.9 Å². The summed E-state index contributed by atoms with van der Waals surface area (Å²) in [6, 6.07) is 18.7. The monoisotopic (exact) mass is 404 g/mol. The minimum absolute atomic E-state index is 0.101. The zero-order chi connectivity index (χ0) is 20.6. The quantitative estimate of drug-likeness (QED) is 0.377. The Hall–Kier alpha value is -3.11. The topological polar surface area (TPSA) is 58.6 Å². The van der Waals surface area contributed by atoms with Gasteiger partial charge in [-0.1, -0.05) is 44.5 Å². The predicted octanol–water partition coefficient (Wildman–Crippen LogP) is 6.90. The lowest BCUT2D eigenvalue weighted by Gasteiger charge is -2.18. The van der Waals surface area contributed by atoms with Gasteiger partial charge in [0.1, 0.15) is 11.3 Å². The standard InChI is InChI=1S/C24H21ClN2O2/c1-24(2,3)17-6-4-15(5-7-17)23-27-20-13-19(9-11-22(20)29-23)26-14-16-12-18(25)8-10-21(16)28/h4-14,28H,1-3H3. The molecule has 0 aliphatic carbocycles. The highest BCUT2D eigenvalue weighted by Crippen LogP contribution is 2.29. The van der Waals surface area contributed by atoms with Gasteiger partial charge in [-0.3, -0.25) is 4.99 Å². The minimum Gasteiger partial charge on any atom is -0.507 e. The number of halogens is 1. The number of fused-ring (bicyclic) bond motifs is 1. The number of hydrogen-bond acceptors (Lipinski definition) is 4. The van der Waals surface area contributed by atoms with Crippen molar-refractivity contribution in [3.05, 3.63) is 76.8 Å². The van der Waals surface area contributed by atoms with E-state index < -0.39 is 0 Å². The second-order valence-corrected chi connectivity index (χ2v) is 8.40. The molecule has 0 saturated heterocycles. The molecule has 0 saturated carbocycles. The van der Waals surface area contributed by atoms with Crippen LogP contribution in [0.1, 0.15) is 31.9 Å². The first-order valence-corrected chi connectivity index (χ1v) is 9.71. The first-order valence-electron chi connectivity index (χ1n) is 9.34. The summed E-state index contributed by atoms with van der Waals surface area (Å²) in [7, 11) is 0. The number of benzene rings is 3. The lowest BCUT2D eigenvalue weighted by atomic mass is 9.87. The number of aliphatic imine (C=N–C) groups is 1. The van der Waals surface area contributed by atoms with Gasteiger partial charge >= 0.3 is 0 Å². The molecule has 0 atom stereocenters. The van der Waals surface area contributed by atoms with Gasteiger partial charge in [0.15, 0.2) is 5.58 Å². The van der Waals surface area contributed by atoms with Gasteiger partial charge in [-0.05, 0) is 59.5 Å². The summed E-state index contributed by atoms with van der Waals surface area (Å²) >= 11 is 5.98. The summed E-state index contributed by atoms with van der Waals surface area (Å²) in [6.45, 7) is 6.56. The van der Waals surface area contributed by atoms with Crippen molar-refractivity contribution in [1.29, 1.82) is 0 Å². The molecule has 1 N–H and O–H groups in total. The van der Waals surface area contributed by atoms with Crippen molar-refractivity contribution in [3.63, 3.8) is 0 Å². The van der Waals surface area contributed by atoms with Gasteiger partial charge in [0.05, 0.1) is 5.69 Å². The average Bonchev–Trinajstić information content (AvgIpc) is 3.11. The normalized spacial score (nSPS) is 12.1. The van der Waals surface area contributed by atoms with Crippen molar-refractivity contribution in [3.8, 4) is 17.2 Å². The number of aromatic hydroxyl groups is 1. The fourth-order valence-electron chi connectivity index (χ4n) is 3.01. The summed E-state index contributed by atoms with van der Waals surface area (Å²) in [5.41, 5.74) is 4.98. The van der Waals surface area contributed by atoms with Crippen LogP contribution in [-0.2, 0) is 5.41 Å². The number of oxazole rings is 1. The Bertz CT molecular complexity index is 1200. The van der Waals surface area contributed by atoms with Crippen molar-refractivity contribution < 1.29 is 9.52 Å². The van der Waals surface area contributed by atoms with E-state index in [0.717, 1.165) is 11.1 Å². The lowest BCUT2D eigenvalue weighted by Crippen LogP contribution is -2.10. The van der Waals surface area contributed by atoms with E-state index in [0.29, 0.717) is 27.7 Å². The highest BCUT2D eigenvalue weighted by molar-refractivity contribution is 6.30. The number of hydrogen-bond donors (Lipinski definition) is 1. The molecular weight excluding hydrogens is 384 g/mol. The summed E-state index contributed by atoms with van der Waals surface area (Å²) in [5.74, 6) is 0.704. The average molecular weight is 405 g/mol. The number of phenols is 1. The summed E-state index contributed by atoms with van der Waals surface area (Å²) < 4.78 is 5.91. The fraction of sp³-hybridized carbons (Fsp3) is 0.167. The molecule has 0 radical (unpaired) electrons. The molecule has 0 spiro atoms. The van der Waals surface area contributed by atoms with Crippen LogP contribution in [0.25, 0.3) is 22.6 Å². The molecule has 4 nitrogen and oxygen atoms in total. The SMILES string of the molecule is CC(C)(C)c1ccc(-c2nc3cc(N=Cc4cc(Cl)ccc4O)ccc3o2)cc1. The third-order valence-corrected chi connectivity index (χ3v) is 4.95. The van der Waals surface area contributed by atoms with Crippen molar-refractivity contribution in [2.45, 2.75) is 26.2 Å². The number of rotatable bonds is 3. The van der Waals surface area contributed by atoms with Gasteiger partial charge in [-0.15, -0.1) is 0 Å². The largest absolute Gasteiger partial charge is 0.507 e. The number of nitrogens with zero attached hydrogens (tertiary/aromatic N) is 2. The summed E-state index contributed by atoms with van der Waals surface area (Å²) in [5, 5.41) is 10.4. The Morgan fingerprint density at radius 3 is 2.48 bits per heavy atom. The maximum Gasteiger partial charge on any atom is 0.227 e. The Balaban J connectivity index is 1.62. The smallest absolute Gasteiger partial charge is 0.227 e. The van der Waals surface area contributed by atoms with Gasteiger partial charge < -0.3 is 9.52 Å². The number of phenolic OH excluding ortho intramolecular Hbond substituents is 1. The molecule has 4 rings (SSSR count). The van der Waals surface area contributed by atoms with Crippen molar-refractivity contribution in [2.75, 3.05) is 0 Å². The fourth-order valence-corrected chi connectivity index (χ4v) is 3.19. The molecule has 146 valence electrons. The molecule has 5 heteroatoms. The molecule has 3 aromatic carbocycles. The van der Waals surface area contributed by atoms with Crippen LogP contribution in [0.5, 0.6) is 5.75 Å². The third-order valence-electron chi connectivity index (χ3n) is 4.71. The van der Waals surface area contributed by atoms with Crippen LogP contribution in [0, 0.1) is 0 Å². The Morgan fingerprint density at radius 2 is 1.76 bits per heavy atom. The molecule has 0 bridgehead atoms. The predicted molar refractivity (Wildman–Crippen MR) is 119 cm³/mol. The molecule has 0 amide bonds. The molecule has 29 heavy (non-hydrogen) atoms. The molecule has 0 aliphatic rings. The van der Waals surface area contributed by atoms with Crippen LogP contribution in [0.15, 0.2) is 70.1 Å². The van der Waals surface area contributed by atoms with E-state index in [-0.39, 0.29) is 11.2 Å². The zero-order valence-electron chi connectivity index (χ0n) is 16.5. The first kappa shape index (κ1) is 19.2. The van der Waals surface area contributed by atoms with Crippen molar-refractivity contribution in [1.82, 2.24) is 4.98 Å². The number of aromatic nitrogens is 1. The van der Waals surface area contributed by atoms with E-state index in [1.807, 2.05) is 30.3 Å². The molecule has 1 aromatic heterocycles. The molecule has 4 aromatic rings. The minimum atomic E-state index is 0.101. The summed E-state index contributed by atoms with van der Waals surface area (Å²) in [4.78, 5) is 9.03. The third kappa shape index (κ3) is 4.17. The Kier molecular flexibility index (Phi) is 4.89. The van der Waals surface area contributed by atoms with Gasteiger partial charge in [0, 0.05) is 22.4 Å². The van der Waals surface area contributed by atoms with Gasteiger partial charge in [-0.25, -0.2) is 4.98 Å². The second kappa shape index (κ2) is 7.37. The molecule has 1 heterocycles. The van der Waals surface area contributed by atoms with E-state index in [1.54, 1.807) is 24.4 Å². The van der Waals surface area contributed by atoms with Crippen LogP contribution in [0.3, 0.4) is 0 Å². The molecule has 0 aliphatic heterocycles. The molecule has 0 unspecified atom stereocenters. The molecule has 0 fully saturated rings. The Morgan fingerprint density at radius 1 is 1.00 bits per heavy atom. The van der Waals surface area contributed by atoms with E-state index in [1.165, 1.54) is 5.56 Å². The van der Waals surface area contributed by atoms with Gasteiger partial charge in [0.2, 0.25) is 5.89 Å². The van der Waals surface area contributed by atoms with Crippen LogP contribution in [0.2, 0.25) is 5.02 Å². The maximum absolute atomic E-state index is 9.91. The Labute approximate surface area is 174 Å². The van der Waals surface area contributed by atoms with Crippen LogP contribution in [0.4, 0.5) is 5.69 Å². The van der Waals surface area contributed by atoms with E-state index >= 15 is 0 Å². The highest BCUT2D eigenvalue weighted by atomic mass is 35.5. The van der Waals surface area contributed by atoms with Crippen molar-refractivity contribution in [2.24, 2.45) is 4.99 Å². The summed E-state index contributed by atoms with van der Waals surface area (Å²) in [6.07, 6.45) is 1.58. The second-order valence-electron chi connectivity index (χ2n) is 7.96. The van der Waals surface area contributed by atoms with Gasteiger partial charge in [-0.2, -0.15) is 0 Å². The van der Waals surface area contributed by atoms with Crippen LogP contribution < -0.4 is 0 Å². The first-order chi connectivity index (χ1) is 13.8.